The molecule has 2 saturated heterocycles. The smallest absolute Gasteiger partial charge is 0.251 e. The molecule has 2 fully saturated rings. The molecule has 2 N–H and O–H groups in total. The fourth-order valence-electron chi connectivity index (χ4n) is 4.98. The highest BCUT2D eigenvalue weighted by molar-refractivity contribution is 5.98. The second-order valence-corrected chi connectivity index (χ2v) is 8.89. The van der Waals surface area contributed by atoms with Gasteiger partial charge in [0.05, 0.1) is 30.0 Å². The average Bonchev–Trinajstić information content (AvgIpc) is 3.60. The van der Waals surface area contributed by atoms with E-state index >= 15 is 0 Å². The Hall–Kier alpha value is -4.11. The van der Waals surface area contributed by atoms with E-state index in [1.807, 2.05) is 42.6 Å². The van der Waals surface area contributed by atoms with Crippen LogP contribution in [0.3, 0.4) is 0 Å². The van der Waals surface area contributed by atoms with Crippen molar-refractivity contribution in [1.29, 1.82) is 0 Å². The van der Waals surface area contributed by atoms with E-state index in [1.165, 1.54) is 0 Å². The molecule has 5 heterocycles. The van der Waals surface area contributed by atoms with E-state index in [0.717, 1.165) is 58.9 Å². The van der Waals surface area contributed by atoms with Gasteiger partial charge in [0.15, 0.2) is 0 Å². The van der Waals surface area contributed by atoms with E-state index in [2.05, 4.69) is 31.6 Å². The van der Waals surface area contributed by atoms with Crippen molar-refractivity contribution in [2.24, 2.45) is 0 Å². The molecule has 168 valence electrons. The highest BCUT2D eigenvalue weighted by Gasteiger charge is 2.40. The number of rotatable bonds is 4. The number of morpholine rings is 1. The lowest BCUT2D eigenvalue weighted by atomic mass is 10.1. The quantitative estimate of drug-likeness (QED) is 0.488. The van der Waals surface area contributed by atoms with Crippen LogP contribution >= 0.6 is 0 Å². The Bertz CT molecular complexity index is 1460. The maximum Gasteiger partial charge on any atom is 0.251 e. The van der Waals surface area contributed by atoms with Crippen molar-refractivity contribution >= 4 is 34.4 Å². The zero-order valence-corrected chi connectivity index (χ0v) is 18.2. The van der Waals surface area contributed by atoms with Gasteiger partial charge in [-0.25, -0.2) is 19.9 Å². The Morgan fingerprint density at radius 3 is 2.94 bits per heavy atom. The predicted octanol–water partition coefficient (Wildman–Crippen LogP) is 3.05. The first-order chi connectivity index (χ1) is 16.7. The number of benzene rings is 2. The van der Waals surface area contributed by atoms with Crippen LogP contribution < -0.4 is 15.5 Å². The molecule has 2 bridgehead atoms. The second kappa shape index (κ2) is 7.46. The maximum atomic E-state index is 11.8. The van der Waals surface area contributed by atoms with Crippen LogP contribution in [0.4, 0.5) is 17.6 Å². The van der Waals surface area contributed by atoms with Gasteiger partial charge in [-0.05, 0) is 48.4 Å². The number of aromatic nitrogens is 4. The van der Waals surface area contributed by atoms with E-state index in [-0.39, 0.29) is 5.91 Å². The number of ether oxygens (including phenoxy) is 1. The molecule has 3 aliphatic heterocycles. The zero-order valence-electron chi connectivity index (χ0n) is 18.2. The molecule has 9 heteroatoms. The summed E-state index contributed by atoms with van der Waals surface area (Å²) in [5, 5.41) is 7.04. The van der Waals surface area contributed by atoms with Crippen molar-refractivity contribution in [2.75, 3.05) is 23.4 Å². The zero-order chi connectivity index (χ0) is 22.6. The summed E-state index contributed by atoms with van der Waals surface area (Å²) in [4.78, 5) is 32.5. The first-order valence-corrected chi connectivity index (χ1v) is 11.4. The summed E-state index contributed by atoms with van der Waals surface area (Å²) in [6.45, 7) is 2.16. The third-order valence-corrected chi connectivity index (χ3v) is 6.72. The molecule has 2 aromatic heterocycles. The minimum Gasteiger partial charge on any atom is -0.374 e. The van der Waals surface area contributed by atoms with Crippen molar-refractivity contribution in [3.63, 3.8) is 0 Å². The van der Waals surface area contributed by atoms with Gasteiger partial charge in [0, 0.05) is 47.7 Å². The molecule has 0 radical (unpaired) electrons. The molecule has 0 spiro atoms. The van der Waals surface area contributed by atoms with Gasteiger partial charge in [0.1, 0.15) is 0 Å². The van der Waals surface area contributed by atoms with Crippen LogP contribution in [0.2, 0.25) is 0 Å². The fraction of sp³-hybridized carbons (Fsp3) is 0.240. The highest BCUT2D eigenvalue weighted by Crippen LogP contribution is 2.32. The van der Waals surface area contributed by atoms with Crippen LogP contribution in [0, 0.1) is 0 Å². The van der Waals surface area contributed by atoms with Gasteiger partial charge in [-0.2, -0.15) is 0 Å². The standard InChI is InChI=1S/C25H21N7O2/c33-23-20-3-2-17(8-15(20)10-27-23)29-24-26-6-5-22(30-24)14-1-4-21-16(7-14)11-28-25(31-21)32-12-19-9-18(32)13-34-19/h1-8,11,18-19H,9-10,12-13H2,(H,27,33)(H,26,29,30)/t18-,19?/m0/s1. The molecule has 1 amide bonds. The number of anilines is 3. The molecule has 0 aliphatic carbocycles. The molecule has 9 nitrogen and oxygen atoms in total. The summed E-state index contributed by atoms with van der Waals surface area (Å²) >= 11 is 0. The van der Waals surface area contributed by atoms with Crippen molar-refractivity contribution in [3.05, 3.63) is 66.0 Å². The number of nitrogens with one attached hydrogen (secondary N) is 2. The molecule has 4 aromatic rings. The molecule has 2 atom stereocenters. The van der Waals surface area contributed by atoms with Crippen LogP contribution in [0.5, 0.6) is 0 Å². The van der Waals surface area contributed by atoms with Crippen molar-refractivity contribution in [3.8, 4) is 11.3 Å². The van der Waals surface area contributed by atoms with Gasteiger partial charge >= 0.3 is 0 Å². The summed E-state index contributed by atoms with van der Waals surface area (Å²) in [7, 11) is 0. The molecule has 34 heavy (non-hydrogen) atoms. The summed E-state index contributed by atoms with van der Waals surface area (Å²) in [5.41, 5.74) is 5.20. The summed E-state index contributed by atoms with van der Waals surface area (Å²) in [6, 6.07) is 14.0. The number of amides is 1. The lowest BCUT2D eigenvalue weighted by Gasteiger charge is -2.26. The van der Waals surface area contributed by atoms with E-state index in [4.69, 9.17) is 14.7 Å². The maximum absolute atomic E-state index is 11.8. The monoisotopic (exact) mass is 451 g/mol. The van der Waals surface area contributed by atoms with Crippen molar-refractivity contribution in [2.45, 2.75) is 25.1 Å². The number of fused-ring (bicyclic) bond motifs is 4. The van der Waals surface area contributed by atoms with Gasteiger partial charge in [0.25, 0.3) is 5.91 Å². The molecule has 1 unspecified atom stereocenters. The predicted molar refractivity (Wildman–Crippen MR) is 127 cm³/mol. The first-order valence-electron chi connectivity index (χ1n) is 11.4. The number of nitrogens with zero attached hydrogens (tertiary/aromatic N) is 5. The van der Waals surface area contributed by atoms with Gasteiger partial charge < -0.3 is 20.3 Å². The average molecular weight is 451 g/mol. The minimum atomic E-state index is -0.0334. The summed E-state index contributed by atoms with van der Waals surface area (Å²) < 4.78 is 5.70. The van der Waals surface area contributed by atoms with E-state index in [9.17, 15) is 4.79 Å². The summed E-state index contributed by atoms with van der Waals surface area (Å²) in [5.74, 6) is 1.23. The normalized spacial score (nSPS) is 20.6. The van der Waals surface area contributed by atoms with E-state index in [0.29, 0.717) is 30.2 Å². The Morgan fingerprint density at radius 1 is 1.09 bits per heavy atom. The molecule has 3 aliphatic rings. The number of carbonyl (C=O) groups is 1. The number of carbonyl (C=O) groups excluding carboxylic acids is 1. The Balaban J connectivity index is 1.15. The molecular weight excluding hydrogens is 430 g/mol. The number of hydrogen-bond donors (Lipinski definition) is 2. The van der Waals surface area contributed by atoms with E-state index in [1.54, 1.807) is 6.20 Å². The van der Waals surface area contributed by atoms with Gasteiger partial charge in [-0.3, -0.25) is 4.79 Å². The van der Waals surface area contributed by atoms with Crippen molar-refractivity contribution in [1.82, 2.24) is 25.3 Å². The highest BCUT2D eigenvalue weighted by atomic mass is 16.5. The number of hydrogen-bond acceptors (Lipinski definition) is 8. The van der Waals surface area contributed by atoms with Gasteiger partial charge in [-0.15, -0.1) is 0 Å². The van der Waals surface area contributed by atoms with Crippen LogP contribution in [0.25, 0.3) is 22.2 Å². The third kappa shape index (κ3) is 3.24. The lowest BCUT2D eigenvalue weighted by Crippen LogP contribution is -2.38. The van der Waals surface area contributed by atoms with Crippen LogP contribution in [0.15, 0.2) is 54.9 Å². The first kappa shape index (κ1) is 19.4. The molecule has 2 aromatic carbocycles. The topological polar surface area (TPSA) is 105 Å². The fourth-order valence-corrected chi connectivity index (χ4v) is 4.98. The largest absolute Gasteiger partial charge is 0.374 e. The Labute approximate surface area is 195 Å². The van der Waals surface area contributed by atoms with E-state index < -0.39 is 0 Å². The molecular formula is C25H21N7O2. The SMILES string of the molecule is O=C1NCc2cc(Nc3nccc(-c4ccc5nc(N6CC7C[C@H]6CO7)ncc5c4)n3)ccc21. The Morgan fingerprint density at radius 2 is 2.06 bits per heavy atom. The third-order valence-electron chi connectivity index (χ3n) is 6.72. The van der Waals surface area contributed by atoms with Crippen molar-refractivity contribution < 1.29 is 9.53 Å². The van der Waals surface area contributed by atoms with Crippen LogP contribution in [-0.2, 0) is 11.3 Å². The van der Waals surface area contributed by atoms with Crippen LogP contribution in [-0.4, -0.2) is 51.1 Å². The summed E-state index contributed by atoms with van der Waals surface area (Å²) in [6.07, 6.45) is 4.99. The van der Waals surface area contributed by atoms with Gasteiger partial charge in [-0.1, -0.05) is 6.07 Å². The Kier molecular flexibility index (Phi) is 4.25. The molecule has 7 rings (SSSR count). The second-order valence-electron chi connectivity index (χ2n) is 8.89. The van der Waals surface area contributed by atoms with Crippen LogP contribution in [0.1, 0.15) is 22.3 Å². The molecule has 0 saturated carbocycles. The van der Waals surface area contributed by atoms with Gasteiger partial charge in [0.2, 0.25) is 11.9 Å². The minimum absolute atomic E-state index is 0.0334. The lowest BCUT2D eigenvalue weighted by molar-refractivity contribution is 0.0965.